The summed E-state index contributed by atoms with van der Waals surface area (Å²) >= 11 is 5.80. The number of aliphatic hydroxyl groups excluding tert-OH is 1. The number of hydrogen-bond acceptors (Lipinski definition) is 2. The van der Waals surface area contributed by atoms with Gasteiger partial charge in [0, 0.05) is 18.1 Å². The summed E-state index contributed by atoms with van der Waals surface area (Å²) in [6, 6.07) is 12.8. The highest BCUT2D eigenvalue weighted by Gasteiger charge is 2.15. The van der Waals surface area contributed by atoms with E-state index in [1.165, 1.54) is 23.1 Å². The number of benzene rings is 2. The van der Waals surface area contributed by atoms with Gasteiger partial charge in [0.05, 0.1) is 12.3 Å². The molecule has 0 radical (unpaired) electrons. The number of carbonyl (C=O) groups excluding carboxylic acids is 1. The summed E-state index contributed by atoms with van der Waals surface area (Å²) in [4.78, 5) is 13.7. The summed E-state index contributed by atoms with van der Waals surface area (Å²) in [5, 5.41) is 11.9. The van der Waals surface area contributed by atoms with Crippen LogP contribution < -0.4 is 5.32 Å². The van der Waals surface area contributed by atoms with Gasteiger partial charge in [0.25, 0.3) is 0 Å². The zero-order valence-corrected chi connectivity index (χ0v) is 12.6. The zero-order chi connectivity index (χ0) is 15.9. The van der Waals surface area contributed by atoms with Crippen molar-refractivity contribution in [2.45, 2.75) is 6.54 Å². The van der Waals surface area contributed by atoms with Gasteiger partial charge < -0.3 is 15.3 Å². The molecule has 0 bridgehead atoms. The predicted octanol–water partition coefficient (Wildman–Crippen LogP) is 3.51. The lowest BCUT2D eigenvalue weighted by atomic mass is 10.2. The van der Waals surface area contributed by atoms with Crippen LogP contribution in [0.3, 0.4) is 0 Å². The van der Waals surface area contributed by atoms with Gasteiger partial charge in [0.2, 0.25) is 0 Å². The minimum absolute atomic E-state index is 0.00787. The Balaban J connectivity index is 2.11. The minimum atomic E-state index is -0.568. The van der Waals surface area contributed by atoms with E-state index in [9.17, 15) is 9.18 Å². The molecule has 2 rings (SSSR count). The topological polar surface area (TPSA) is 52.6 Å². The van der Waals surface area contributed by atoms with E-state index in [2.05, 4.69) is 5.32 Å². The summed E-state index contributed by atoms with van der Waals surface area (Å²) in [6.45, 7) is 0.274. The van der Waals surface area contributed by atoms with E-state index >= 15 is 0 Å². The Labute approximate surface area is 133 Å². The first-order valence-electron chi connectivity index (χ1n) is 6.76. The number of aliphatic hydroxyl groups is 1. The highest BCUT2D eigenvalue weighted by atomic mass is 35.5. The summed E-state index contributed by atoms with van der Waals surface area (Å²) in [6.07, 6.45) is 0. The van der Waals surface area contributed by atoms with Crippen molar-refractivity contribution in [1.29, 1.82) is 0 Å². The number of nitrogens with zero attached hydrogens (tertiary/aromatic N) is 1. The van der Waals surface area contributed by atoms with Gasteiger partial charge in [-0.2, -0.15) is 0 Å². The van der Waals surface area contributed by atoms with E-state index in [-0.39, 0.29) is 18.8 Å². The van der Waals surface area contributed by atoms with Crippen molar-refractivity contribution < 1.29 is 14.3 Å². The normalized spacial score (nSPS) is 10.3. The highest BCUT2D eigenvalue weighted by molar-refractivity contribution is 6.30. The van der Waals surface area contributed by atoms with Crippen LogP contribution in [0.2, 0.25) is 5.02 Å². The number of hydrogen-bond donors (Lipinski definition) is 2. The fourth-order valence-corrected chi connectivity index (χ4v) is 2.14. The molecule has 0 aliphatic rings. The molecule has 6 heteroatoms. The molecule has 22 heavy (non-hydrogen) atoms. The molecule has 4 nitrogen and oxygen atoms in total. The molecule has 2 N–H and O–H groups in total. The van der Waals surface area contributed by atoms with Crippen LogP contribution in [0.5, 0.6) is 0 Å². The SMILES string of the molecule is O=C(Nc1cc(Cl)ccc1F)N(CCO)Cc1ccccc1. The van der Waals surface area contributed by atoms with Crippen LogP contribution in [0.25, 0.3) is 0 Å². The van der Waals surface area contributed by atoms with E-state index in [1.54, 1.807) is 0 Å². The average molecular weight is 323 g/mol. The van der Waals surface area contributed by atoms with Crippen molar-refractivity contribution in [1.82, 2.24) is 4.90 Å². The third kappa shape index (κ3) is 4.44. The van der Waals surface area contributed by atoms with Crippen LogP contribution in [-0.2, 0) is 6.54 Å². The van der Waals surface area contributed by atoms with Crippen LogP contribution in [0.15, 0.2) is 48.5 Å². The maximum Gasteiger partial charge on any atom is 0.322 e. The smallest absolute Gasteiger partial charge is 0.322 e. The van der Waals surface area contributed by atoms with Gasteiger partial charge in [-0.05, 0) is 23.8 Å². The number of anilines is 1. The summed E-state index contributed by atoms with van der Waals surface area (Å²) < 4.78 is 13.7. The summed E-state index contributed by atoms with van der Waals surface area (Å²) in [5.74, 6) is -0.568. The van der Waals surface area contributed by atoms with Gasteiger partial charge in [-0.15, -0.1) is 0 Å². The van der Waals surface area contributed by atoms with Crippen LogP contribution in [-0.4, -0.2) is 29.2 Å². The fraction of sp³-hybridized carbons (Fsp3) is 0.188. The Morgan fingerprint density at radius 1 is 1.23 bits per heavy atom. The molecule has 0 aromatic heterocycles. The first kappa shape index (κ1) is 16.3. The predicted molar refractivity (Wildman–Crippen MR) is 84.4 cm³/mol. The molecule has 2 aromatic carbocycles. The molecular formula is C16H16ClFN2O2. The quantitative estimate of drug-likeness (QED) is 0.885. The molecule has 0 unspecified atom stereocenters. The number of halogens is 2. The second-order valence-electron chi connectivity index (χ2n) is 4.69. The van der Waals surface area contributed by atoms with Crippen molar-refractivity contribution in [2.75, 3.05) is 18.5 Å². The number of carbonyl (C=O) groups is 1. The molecule has 0 fully saturated rings. The first-order valence-corrected chi connectivity index (χ1v) is 7.13. The van der Waals surface area contributed by atoms with Gasteiger partial charge >= 0.3 is 6.03 Å². The summed E-state index contributed by atoms with van der Waals surface area (Å²) in [7, 11) is 0. The molecule has 0 heterocycles. The highest BCUT2D eigenvalue weighted by Crippen LogP contribution is 2.20. The van der Waals surface area contributed by atoms with Gasteiger partial charge in [-0.25, -0.2) is 9.18 Å². The molecule has 0 atom stereocenters. The van der Waals surface area contributed by atoms with E-state index in [0.29, 0.717) is 11.6 Å². The molecule has 2 amide bonds. The van der Waals surface area contributed by atoms with Crippen LogP contribution in [0.1, 0.15) is 5.56 Å². The lowest BCUT2D eigenvalue weighted by molar-refractivity contribution is 0.185. The first-order chi connectivity index (χ1) is 10.6. The average Bonchev–Trinajstić information content (AvgIpc) is 2.51. The molecular weight excluding hydrogens is 307 g/mol. The molecule has 2 aromatic rings. The van der Waals surface area contributed by atoms with Crippen molar-refractivity contribution in [3.63, 3.8) is 0 Å². The third-order valence-electron chi connectivity index (χ3n) is 3.04. The van der Waals surface area contributed by atoms with E-state index in [4.69, 9.17) is 16.7 Å². The zero-order valence-electron chi connectivity index (χ0n) is 11.8. The lowest BCUT2D eigenvalue weighted by Gasteiger charge is -2.22. The Kier molecular flexibility index (Phi) is 5.75. The van der Waals surface area contributed by atoms with Crippen LogP contribution in [0.4, 0.5) is 14.9 Å². The third-order valence-corrected chi connectivity index (χ3v) is 3.28. The number of urea groups is 1. The van der Waals surface area contributed by atoms with Gasteiger partial charge in [-0.3, -0.25) is 0 Å². The van der Waals surface area contributed by atoms with Gasteiger partial charge in [0.1, 0.15) is 5.82 Å². The number of rotatable bonds is 5. The lowest BCUT2D eigenvalue weighted by Crippen LogP contribution is -2.36. The molecule has 0 saturated carbocycles. The Morgan fingerprint density at radius 2 is 1.95 bits per heavy atom. The molecule has 0 aliphatic heterocycles. The largest absolute Gasteiger partial charge is 0.395 e. The van der Waals surface area contributed by atoms with Crippen LogP contribution in [0, 0.1) is 5.82 Å². The minimum Gasteiger partial charge on any atom is -0.395 e. The number of amides is 2. The monoisotopic (exact) mass is 322 g/mol. The second-order valence-corrected chi connectivity index (χ2v) is 5.12. The molecule has 116 valence electrons. The van der Waals surface area contributed by atoms with E-state index < -0.39 is 11.8 Å². The Hall–Kier alpha value is -2.11. The summed E-state index contributed by atoms with van der Waals surface area (Å²) in [5.41, 5.74) is 0.922. The van der Waals surface area contributed by atoms with E-state index in [1.807, 2.05) is 30.3 Å². The maximum atomic E-state index is 13.7. The van der Waals surface area contributed by atoms with Gasteiger partial charge in [-0.1, -0.05) is 41.9 Å². The second kappa shape index (κ2) is 7.77. The molecule has 0 aliphatic carbocycles. The van der Waals surface area contributed by atoms with Crippen LogP contribution >= 0.6 is 11.6 Å². The maximum absolute atomic E-state index is 13.7. The molecule has 0 spiro atoms. The van der Waals surface area contributed by atoms with Gasteiger partial charge in [0.15, 0.2) is 0 Å². The number of nitrogens with one attached hydrogen (secondary N) is 1. The van der Waals surface area contributed by atoms with Crippen molar-refractivity contribution in [3.05, 3.63) is 64.9 Å². The Morgan fingerprint density at radius 3 is 2.64 bits per heavy atom. The standard InChI is InChI=1S/C16H16ClFN2O2/c17-13-6-7-14(18)15(10-13)19-16(22)20(8-9-21)11-12-4-2-1-3-5-12/h1-7,10,21H,8-9,11H2,(H,19,22). The Bertz CT molecular complexity index is 637. The van der Waals surface area contributed by atoms with Crippen molar-refractivity contribution in [3.8, 4) is 0 Å². The molecule has 0 saturated heterocycles. The van der Waals surface area contributed by atoms with Crippen molar-refractivity contribution in [2.24, 2.45) is 0 Å². The van der Waals surface area contributed by atoms with E-state index in [0.717, 1.165) is 5.56 Å². The fourth-order valence-electron chi connectivity index (χ4n) is 1.96. The van der Waals surface area contributed by atoms with Crippen molar-refractivity contribution >= 4 is 23.3 Å².